The van der Waals surface area contributed by atoms with E-state index in [1.165, 1.54) is 17.2 Å². The number of benzene rings is 3. The van der Waals surface area contributed by atoms with Crippen LogP contribution in [0, 0.1) is 0 Å². The summed E-state index contributed by atoms with van der Waals surface area (Å²) in [5.74, 6) is 0. The van der Waals surface area contributed by atoms with E-state index in [4.69, 9.17) is 0 Å². The van der Waals surface area contributed by atoms with E-state index < -0.39 is 29.7 Å². The molecule has 0 unspecified atom stereocenters. The fourth-order valence-corrected chi connectivity index (χ4v) is 5.78. The standard InChI is InChI=1S/C35H36F6N4O/c36-34(37,38)29-14-12-25(13-15-29)30-22-28(23-32(43-30)35(39,40)41)31(46)24-42-16-7-17-44-18-20-45(21-19-44)33(26-8-3-1-4-9-26)27-10-5-2-6-11-27/h1-6,8-15,22-23,31,33,42,46H,7,16-21,24H2/t31-/m0/s1. The lowest BCUT2D eigenvalue weighted by molar-refractivity contribution is -0.141. The molecule has 0 bridgehead atoms. The molecule has 1 aromatic heterocycles. The van der Waals surface area contributed by atoms with E-state index in [1.54, 1.807) is 0 Å². The van der Waals surface area contributed by atoms with Gasteiger partial charge in [-0.2, -0.15) is 26.3 Å². The Labute approximate surface area is 264 Å². The van der Waals surface area contributed by atoms with Crippen molar-refractivity contribution in [3.8, 4) is 11.3 Å². The van der Waals surface area contributed by atoms with Crippen molar-refractivity contribution in [3.05, 3.63) is 125 Å². The first-order valence-corrected chi connectivity index (χ1v) is 15.2. The summed E-state index contributed by atoms with van der Waals surface area (Å²) in [7, 11) is 0. The van der Waals surface area contributed by atoms with Crippen molar-refractivity contribution in [2.24, 2.45) is 0 Å². The van der Waals surface area contributed by atoms with Gasteiger partial charge in [-0.25, -0.2) is 4.98 Å². The van der Waals surface area contributed by atoms with Gasteiger partial charge in [0.2, 0.25) is 0 Å². The number of aliphatic hydroxyl groups is 1. The third-order valence-corrected chi connectivity index (χ3v) is 8.20. The lowest BCUT2D eigenvalue weighted by Gasteiger charge is -2.40. The first kappa shape index (κ1) is 33.6. The summed E-state index contributed by atoms with van der Waals surface area (Å²) >= 11 is 0. The molecular weight excluding hydrogens is 606 g/mol. The number of aliphatic hydroxyl groups excluding tert-OH is 1. The maximum atomic E-state index is 13.6. The Balaban J connectivity index is 1.12. The second-order valence-corrected chi connectivity index (χ2v) is 11.4. The highest BCUT2D eigenvalue weighted by Crippen LogP contribution is 2.34. The fraction of sp³-hybridized carbons (Fsp3) is 0.343. The minimum atomic E-state index is -4.80. The minimum Gasteiger partial charge on any atom is -0.387 e. The van der Waals surface area contributed by atoms with Crippen LogP contribution in [0.3, 0.4) is 0 Å². The first-order chi connectivity index (χ1) is 22.0. The van der Waals surface area contributed by atoms with Crippen molar-refractivity contribution in [2.75, 3.05) is 45.8 Å². The number of nitrogens with zero attached hydrogens (tertiary/aromatic N) is 3. The lowest BCUT2D eigenvalue weighted by atomic mass is 9.96. The van der Waals surface area contributed by atoms with Crippen LogP contribution in [0.15, 0.2) is 97.1 Å². The molecule has 2 N–H and O–H groups in total. The summed E-state index contributed by atoms with van der Waals surface area (Å²) in [4.78, 5) is 8.50. The van der Waals surface area contributed by atoms with Crippen molar-refractivity contribution >= 4 is 0 Å². The molecule has 0 spiro atoms. The third-order valence-electron chi connectivity index (χ3n) is 8.20. The monoisotopic (exact) mass is 642 g/mol. The van der Waals surface area contributed by atoms with Gasteiger partial charge in [-0.1, -0.05) is 72.8 Å². The molecule has 1 atom stereocenters. The minimum absolute atomic E-state index is 0.0113. The summed E-state index contributed by atoms with van der Waals surface area (Å²) < 4.78 is 79.6. The number of hydrogen-bond acceptors (Lipinski definition) is 5. The van der Waals surface area contributed by atoms with E-state index in [2.05, 4.69) is 68.6 Å². The zero-order valence-electron chi connectivity index (χ0n) is 25.1. The van der Waals surface area contributed by atoms with Crippen LogP contribution in [-0.2, 0) is 12.4 Å². The van der Waals surface area contributed by atoms with Crippen LogP contribution in [-0.4, -0.2) is 65.7 Å². The Morgan fingerprint density at radius 2 is 1.30 bits per heavy atom. The maximum Gasteiger partial charge on any atom is 0.433 e. The molecule has 2 heterocycles. The van der Waals surface area contributed by atoms with Crippen LogP contribution in [0.5, 0.6) is 0 Å². The first-order valence-electron chi connectivity index (χ1n) is 15.2. The van der Waals surface area contributed by atoms with E-state index in [-0.39, 0.29) is 29.4 Å². The maximum absolute atomic E-state index is 13.6. The second kappa shape index (κ2) is 14.8. The number of hydrogen-bond donors (Lipinski definition) is 2. The number of aromatic nitrogens is 1. The number of piperazine rings is 1. The molecular formula is C35H36F6N4O. The number of pyridine rings is 1. The molecule has 11 heteroatoms. The van der Waals surface area contributed by atoms with Crippen molar-refractivity contribution < 1.29 is 31.4 Å². The molecule has 1 saturated heterocycles. The summed E-state index contributed by atoms with van der Waals surface area (Å²) in [6, 6.07) is 26.9. The van der Waals surface area contributed by atoms with Crippen LogP contribution < -0.4 is 5.32 Å². The van der Waals surface area contributed by atoms with Crippen molar-refractivity contribution in [2.45, 2.75) is 30.9 Å². The third kappa shape index (κ3) is 8.73. The quantitative estimate of drug-likeness (QED) is 0.134. The van der Waals surface area contributed by atoms with Gasteiger partial charge in [0, 0.05) is 38.3 Å². The largest absolute Gasteiger partial charge is 0.433 e. The average Bonchev–Trinajstić information content (AvgIpc) is 3.05. The molecule has 5 rings (SSSR count). The Morgan fingerprint density at radius 1 is 0.717 bits per heavy atom. The van der Waals surface area contributed by atoms with Crippen LogP contribution in [0.1, 0.15) is 46.5 Å². The van der Waals surface area contributed by atoms with Crippen molar-refractivity contribution in [3.63, 3.8) is 0 Å². The van der Waals surface area contributed by atoms with Gasteiger partial charge in [0.15, 0.2) is 0 Å². The predicted molar refractivity (Wildman–Crippen MR) is 165 cm³/mol. The van der Waals surface area contributed by atoms with Gasteiger partial charge in [-0.05, 0) is 60.5 Å². The van der Waals surface area contributed by atoms with Gasteiger partial charge in [-0.3, -0.25) is 4.90 Å². The van der Waals surface area contributed by atoms with Gasteiger partial charge >= 0.3 is 12.4 Å². The smallest absolute Gasteiger partial charge is 0.387 e. The summed E-state index contributed by atoms with van der Waals surface area (Å²) in [6.07, 6.45) is -9.85. The number of nitrogens with one attached hydrogen (secondary N) is 1. The van der Waals surface area contributed by atoms with Crippen LogP contribution in [0.4, 0.5) is 26.3 Å². The topological polar surface area (TPSA) is 51.6 Å². The SMILES string of the molecule is O[C@@H](CNCCCN1CCN(C(c2ccccc2)c2ccccc2)CC1)c1cc(-c2ccc(C(F)(F)F)cc2)nc(C(F)(F)F)c1. The van der Waals surface area contributed by atoms with E-state index in [9.17, 15) is 31.4 Å². The molecule has 0 radical (unpaired) electrons. The zero-order chi connectivity index (χ0) is 32.7. The molecule has 0 saturated carbocycles. The molecule has 4 aromatic rings. The molecule has 0 amide bonds. The second-order valence-electron chi connectivity index (χ2n) is 11.4. The van der Waals surface area contributed by atoms with Crippen molar-refractivity contribution in [1.82, 2.24) is 20.1 Å². The number of alkyl halides is 6. The fourth-order valence-electron chi connectivity index (χ4n) is 5.78. The normalized spacial score (nSPS) is 15.7. The van der Waals surface area contributed by atoms with Gasteiger partial charge in [0.05, 0.1) is 23.4 Å². The highest BCUT2D eigenvalue weighted by atomic mass is 19.4. The molecule has 46 heavy (non-hydrogen) atoms. The van der Waals surface area contributed by atoms with E-state index in [0.717, 1.165) is 69.5 Å². The molecule has 1 aliphatic rings. The molecule has 3 aromatic carbocycles. The molecule has 1 fully saturated rings. The highest BCUT2D eigenvalue weighted by Gasteiger charge is 2.34. The van der Waals surface area contributed by atoms with Crippen molar-refractivity contribution in [1.29, 1.82) is 0 Å². The van der Waals surface area contributed by atoms with Crippen LogP contribution >= 0.6 is 0 Å². The van der Waals surface area contributed by atoms with Gasteiger partial charge in [0.25, 0.3) is 0 Å². The highest BCUT2D eigenvalue weighted by molar-refractivity contribution is 5.61. The Kier molecular flexibility index (Phi) is 10.8. The van der Waals surface area contributed by atoms with E-state index >= 15 is 0 Å². The van der Waals surface area contributed by atoms with E-state index in [1.807, 2.05) is 12.1 Å². The summed E-state index contributed by atoms with van der Waals surface area (Å²) in [5, 5.41) is 13.8. The molecule has 5 nitrogen and oxygen atoms in total. The number of halogens is 6. The summed E-state index contributed by atoms with van der Waals surface area (Å²) in [5.41, 5.74) is 0.268. The van der Waals surface area contributed by atoms with Gasteiger partial charge in [0.1, 0.15) is 5.69 Å². The Hall–Kier alpha value is -3.77. The van der Waals surface area contributed by atoms with Gasteiger partial charge < -0.3 is 15.3 Å². The number of rotatable bonds is 11. The van der Waals surface area contributed by atoms with Crippen LogP contribution in [0.25, 0.3) is 11.3 Å². The average molecular weight is 643 g/mol. The lowest BCUT2D eigenvalue weighted by Crippen LogP contribution is -2.48. The molecule has 0 aliphatic carbocycles. The summed E-state index contributed by atoms with van der Waals surface area (Å²) in [6.45, 7) is 5.03. The Bertz CT molecular complexity index is 1480. The zero-order valence-corrected chi connectivity index (χ0v) is 25.1. The van der Waals surface area contributed by atoms with E-state index in [0.29, 0.717) is 6.54 Å². The predicted octanol–water partition coefficient (Wildman–Crippen LogP) is 7.21. The Morgan fingerprint density at radius 3 is 1.85 bits per heavy atom. The molecule has 244 valence electrons. The molecule has 1 aliphatic heterocycles. The van der Waals surface area contributed by atoms with Gasteiger partial charge in [-0.15, -0.1) is 0 Å². The van der Waals surface area contributed by atoms with Crippen LogP contribution in [0.2, 0.25) is 0 Å².